The Labute approximate surface area is 147 Å². The smallest absolute Gasteiger partial charge is 0.330 e. The van der Waals surface area contributed by atoms with Crippen molar-refractivity contribution in [3.05, 3.63) is 20.8 Å². The van der Waals surface area contributed by atoms with E-state index in [2.05, 4.69) is 9.98 Å². The lowest BCUT2D eigenvalue weighted by atomic mass is 10.1. The minimum absolute atomic E-state index is 0.162. The molecule has 1 aromatic rings. The number of aliphatic hydroxyl groups is 2. The quantitative estimate of drug-likeness (QED) is 0.426. The van der Waals surface area contributed by atoms with Crippen molar-refractivity contribution in [1.82, 2.24) is 14.0 Å². The zero-order valence-corrected chi connectivity index (χ0v) is 15.1. The lowest BCUT2D eigenvalue weighted by Gasteiger charge is -2.24. The molecule has 2 heterocycles. The highest BCUT2D eigenvalue weighted by molar-refractivity contribution is 5.86. The van der Waals surface area contributed by atoms with E-state index >= 15 is 0 Å². The van der Waals surface area contributed by atoms with Crippen LogP contribution in [0, 0.1) is 0 Å². The third-order valence-corrected chi connectivity index (χ3v) is 4.84. The van der Waals surface area contributed by atoms with Crippen LogP contribution in [0.1, 0.15) is 44.9 Å². The molecule has 0 bridgehead atoms. The van der Waals surface area contributed by atoms with Crippen LogP contribution in [0.25, 0.3) is 0 Å². The zero-order valence-electron chi connectivity index (χ0n) is 15.1. The fraction of sp³-hybridized carbons (Fsp3) is 0.706. The molecule has 0 spiro atoms. The van der Waals surface area contributed by atoms with Gasteiger partial charge < -0.3 is 10.2 Å². The maximum Gasteiger partial charge on any atom is 0.330 e. The average Bonchev–Trinajstić information content (AvgIpc) is 2.93. The molecular weight excluding hydrogens is 324 g/mol. The van der Waals surface area contributed by atoms with Crippen LogP contribution in [-0.4, -0.2) is 52.4 Å². The number of aliphatic imine (C=N–C) groups is 1. The number of rotatable bonds is 10. The second-order valence-electron chi connectivity index (χ2n) is 6.97. The van der Waals surface area contributed by atoms with Crippen LogP contribution in [0.5, 0.6) is 0 Å². The number of nitrogens with one attached hydrogen (secondary N) is 1. The summed E-state index contributed by atoms with van der Waals surface area (Å²) in [6, 6.07) is 0. The molecule has 0 radical (unpaired) electrons. The summed E-state index contributed by atoms with van der Waals surface area (Å²) in [6.45, 7) is 0.602. The van der Waals surface area contributed by atoms with E-state index in [-0.39, 0.29) is 12.2 Å². The fourth-order valence-electron chi connectivity index (χ4n) is 3.23. The zero-order chi connectivity index (χ0) is 18.4. The van der Waals surface area contributed by atoms with Crippen LogP contribution in [0.15, 0.2) is 14.6 Å². The van der Waals surface area contributed by atoms with E-state index in [9.17, 15) is 14.7 Å². The van der Waals surface area contributed by atoms with E-state index in [4.69, 9.17) is 5.11 Å². The summed E-state index contributed by atoms with van der Waals surface area (Å²) in [7, 11) is 3.54. The van der Waals surface area contributed by atoms with Gasteiger partial charge in [-0.1, -0.05) is 25.7 Å². The van der Waals surface area contributed by atoms with Gasteiger partial charge in [-0.2, -0.15) is 4.99 Å². The molecule has 2 unspecified atom stereocenters. The van der Waals surface area contributed by atoms with Gasteiger partial charge in [0.2, 0.25) is 11.5 Å². The van der Waals surface area contributed by atoms with Crippen LogP contribution in [-0.2, 0) is 7.05 Å². The van der Waals surface area contributed by atoms with Gasteiger partial charge in [0.1, 0.15) is 0 Å². The van der Waals surface area contributed by atoms with Gasteiger partial charge in [0.05, 0.1) is 26.3 Å². The second kappa shape index (κ2) is 8.55. The van der Waals surface area contributed by atoms with Crippen molar-refractivity contribution in [1.29, 1.82) is 0 Å². The highest BCUT2D eigenvalue weighted by Crippen LogP contribution is 2.31. The van der Waals surface area contributed by atoms with Crippen LogP contribution in [0.3, 0.4) is 0 Å². The Morgan fingerprint density at radius 3 is 2.52 bits per heavy atom. The Balaban J connectivity index is 1.78. The van der Waals surface area contributed by atoms with Crippen molar-refractivity contribution in [2.24, 2.45) is 12.0 Å². The van der Waals surface area contributed by atoms with E-state index in [1.54, 1.807) is 13.4 Å². The largest absolute Gasteiger partial charge is 0.394 e. The number of aromatic amines is 1. The van der Waals surface area contributed by atoms with Gasteiger partial charge in [0.25, 0.3) is 0 Å². The molecule has 8 nitrogen and oxygen atoms in total. The van der Waals surface area contributed by atoms with Gasteiger partial charge in [-0.3, -0.25) is 14.3 Å². The highest BCUT2D eigenvalue weighted by atomic mass is 16.3. The summed E-state index contributed by atoms with van der Waals surface area (Å²) < 4.78 is 1.69. The third-order valence-electron chi connectivity index (χ3n) is 4.84. The number of H-pyrrole nitrogens is 1. The maximum atomic E-state index is 12.2. The van der Waals surface area contributed by atoms with Crippen molar-refractivity contribution >= 4 is 17.8 Å². The first-order valence-electron chi connectivity index (χ1n) is 8.92. The summed E-state index contributed by atoms with van der Waals surface area (Å²) >= 11 is 0. The lowest BCUT2D eigenvalue weighted by Crippen LogP contribution is -2.47. The normalized spacial score (nSPS) is 20.0. The molecule has 2 rings (SSSR count). The number of fused-ring (bicyclic) bond motifs is 1. The Kier molecular flexibility index (Phi) is 6.69. The fourth-order valence-corrected chi connectivity index (χ4v) is 3.23. The number of hydrogen-bond acceptors (Lipinski definition) is 5. The Hall–Kier alpha value is -1.77. The number of hydrogen-bond donors (Lipinski definition) is 3. The third kappa shape index (κ3) is 4.65. The molecule has 0 saturated heterocycles. The monoisotopic (exact) mass is 353 g/mol. The first-order valence-corrected chi connectivity index (χ1v) is 8.92. The van der Waals surface area contributed by atoms with Gasteiger partial charge in [0.15, 0.2) is 6.34 Å². The Morgan fingerprint density at radius 2 is 1.84 bits per heavy atom. The molecular formula is C17H29N4O4+. The molecule has 0 saturated carbocycles. The number of unbranched alkanes of at least 4 members (excludes halogenated alkanes) is 5. The van der Waals surface area contributed by atoms with Crippen molar-refractivity contribution in [3.63, 3.8) is 0 Å². The van der Waals surface area contributed by atoms with E-state index in [1.807, 2.05) is 7.05 Å². The predicted molar refractivity (Wildman–Crippen MR) is 98.5 cm³/mol. The maximum absolute atomic E-state index is 12.2. The molecule has 8 heteroatoms. The van der Waals surface area contributed by atoms with Crippen molar-refractivity contribution in [2.75, 3.05) is 20.2 Å². The Morgan fingerprint density at radius 1 is 1.20 bits per heavy atom. The van der Waals surface area contributed by atoms with Crippen LogP contribution in [0.2, 0.25) is 0 Å². The number of aliphatic hydroxyl groups excluding tert-OH is 2. The summed E-state index contributed by atoms with van der Waals surface area (Å²) in [4.78, 5) is 30.5. The van der Waals surface area contributed by atoms with Gasteiger partial charge in [0, 0.05) is 7.05 Å². The molecule has 1 aromatic heterocycles. The van der Waals surface area contributed by atoms with Crippen molar-refractivity contribution in [2.45, 2.75) is 51.0 Å². The molecule has 0 aromatic carbocycles. The minimum atomic E-state index is -0.590. The van der Waals surface area contributed by atoms with E-state index in [0.29, 0.717) is 22.4 Å². The summed E-state index contributed by atoms with van der Waals surface area (Å²) in [5.41, 5.74) is -0.277. The first-order chi connectivity index (χ1) is 11.9. The molecule has 1 aliphatic heterocycles. The van der Waals surface area contributed by atoms with Gasteiger partial charge in [-0.05, 0) is 19.3 Å². The summed E-state index contributed by atoms with van der Waals surface area (Å²) in [5.74, 6) is 0.443. The number of nitrogens with zero attached hydrogens (tertiary/aromatic N) is 3. The first kappa shape index (κ1) is 19.6. The number of quaternary nitrogens is 1. The van der Waals surface area contributed by atoms with Crippen molar-refractivity contribution < 1.29 is 10.2 Å². The minimum Gasteiger partial charge on any atom is -0.394 e. The second-order valence-corrected chi connectivity index (χ2v) is 6.97. The molecule has 0 amide bonds. The SMILES string of the molecule is Cn1c2c(c(=O)[nH]c1=O)[N+](C)(CCCCCCCCC(O)CO)C=N2. The molecule has 3 N–H and O–H groups in total. The van der Waals surface area contributed by atoms with Crippen molar-refractivity contribution in [3.8, 4) is 0 Å². The van der Waals surface area contributed by atoms with Crippen LogP contribution >= 0.6 is 0 Å². The lowest BCUT2D eigenvalue weighted by molar-refractivity contribution is 0.0860. The summed E-state index contributed by atoms with van der Waals surface area (Å²) in [6.07, 6.45) is 7.99. The van der Waals surface area contributed by atoms with Crippen LogP contribution in [0.4, 0.5) is 11.5 Å². The van der Waals surface area contributed by atoms with Gasteiger partial charge in [-0.25, -0.2) is 9.28 Å². The van der Waals surface area contributed by atoms with Gasteiger partial charge >= 0.3 is 11.2 Å². The van der Waals surface area contributed by atoms with E-state index < -0.39 is 11.8 Å². The average molecular weight is 353 g/mol. The van der Waals surface area contributed by atoms with E-state index in [1.165, 1.54) is 4.57 Å². The highest BCUT2D eigenvalue weighted by Gasteiger charge is 2.36. The standard InChI is InChI=1S/C17H28N4O4/c1-20-15-14(16(24)19-17(20)25)21(2,12-18-15)10-8-6-4-3-5-7-9-13(23)11-22/h12-13,22-23H,3-11H2,1-2H3/p+1. The molecule has 0 fully saturated rings. The molecule has 1 aliphatic rings. The molecule has 0 aliphatic carbocycles. The molecule has 140 valence electrons. The topological polar surface area (TPSA) is 108 Å². The molecule has 25 heavy (non-hydrogen) atoms. The Bertz CT molecular complexity index is 724. The predicted octanol–water partition coefficient (Wildman–Crippen LogP) is 0.768. The number of aromatic nitrogens is 2. The molecule has 2 atom stereocenters. The van der Waals surface area contributed by atoms with E-state index in [0.717, 1.165) is 45.1 Å². The summed E-state index contributed by atoms with van der Waals surface area (Å²) in [5, 5.41) is 18.0. The van der Waals surface area contributed by atoms with Gasteiger partial charge in [-0.15, -0.1) is 0 Å². The van der Waals surface area contributed by atoms with Crippen LogP contribution < -0.4 is 15.7 Å².